The zero-order valence-corrected chi connectivity index (χ0v) is 13.2. The quantitative estimate of drug-likeness (QED) is 0.929. The molecule has 3 rings (SSSR count). The molecular formula is C17H18ClNO3. The van der Waals surface area contributed by atoms with Crippen molar-refractivity contribution in [3.63, 3.8) is 0 Å². The summed E-state index contributed by atoms with van der Waals surface area (Å²) in [6.07, 6.45) is 2.40. The summed E-state index contributed by atoms with van der Waals surface area (Å²) < 4.78 is 5.44. The molecule has 22 heavy (non-hydrogen) atoms. The smallest absolute Gasteiger partial charge is 0.225 e. The largest absolute Gasteiger partial charge is 0.492 e. The second kappa shape index (κ2) is 6.13. The van der Waals surface area contributed by atoms with Crippen molar-refractivity contribution in [1.82, 2.24) is 5.32 Å². The van der Waals surface area contributed by atoms with Crippen LogP contribution < -0.4 is 10.1 Å². The Labute approximate surface area is 134 Å². The third-order valence-electron chi connectivity index (χ3n) is 4.14. The van der Waals surface area contributed by atoms with Crippen molar-refractivity contribution < 1.29 is 14.3 Å². The minimum Gasteiger partial charge on any atom is -0.492 e. The van der Waals surface area contributed by atoms with Crippen LogP contribution >= 0.6 is 11.6 Å². The standard InChI is InChI=1S/C17H18ClNO3/c1-2-22-15-7-6-10(8-12(15)18)11-9-16(21)19-13-4-3-5-14(20)17(11)13/h6-8,11H,2-5,9H2,1H3,(H,19,21)/t11-/m0/s1. The van der Waals surface area contributed by atoms with Crippen molar-refractivity contribution in [1.29, 1.82) is 0 Å². The maximum atomic E-state index is 12.3. The number of allylic oxidation sites excluding steroid dienone is 2. The van der Waals surface area contributed by atoms with Gasteiger partial charge in [-0.15, -0.1) is 0 Å². The van der Waals surface area contributed by atoms with Gasteiger partial charge in [-0.1, -0.05) is 17.7 Å². The van der Waals surface area contributed by atoms with Gasteiger partial charge in [-0.05, 0) is 37.5 Å². The summed E-state index contributed by atoms with van der Waals surface area (Å²) in [6.45, 7) is 2.44. The van der Waals surface area contributed by atoms with E-state index in [1.807, 2.05) is 19.1 Å². The number of carbonyl (C=O) groups is 2. The van der Waals surface area contributed by atoms with Crippen LogP contribution in [0.5, 0.6) is 5.75 Å². The van der Waals surface area contributed by atoms with Crippen LogP contribution in [-0.4, -0.2) is 18.3 Å². The lowest BCUT2D eigenvalue weighted by atomic mass is 9.78. The molecule has 4 nitrogen and oxygen atoms in total. The second-order valence-electron chi connectivity index (χ2n) is 5.60. The highest BCUT2D eigenvalue weighted by Gasteiger charge is 2.34. The molecule has 1 aromatic rings. The number of amides is 1. The highest BCUT2D eigenvalue weighted by molar-refractivity contribution is 6.32. The highest BCUT2D eigenvalue weighted by atomic mass is 35.5. The van der Waals surface area contributed by atoms with Gasteiger partial charge in [-0.3, -0.25) is 9.59 Å². The Morgan fingerprint density at radius 3 is 2.86 bits per heavy atom. The highest BCUT2D eigenvalue weighted by Crippen LogP contribution is 2.39. The predicted molar refractivity (Wildman–Crippen MR) is 84.0 cm³/mol. The third-order valence-corrected chi connectivity index (χ3v) is 4.44. The molecule has 0 radical (unpaired) electrons. The minimum atomic E-state index is -0.204. The molecule has 1 amide bonds. The fraction of sp³-hybridized carbons (Fsp3) is 0.412. The van der Waals surface area contributed by atoms with Crippen LogP contribution in [0.1, 0.15) is 44.1 Å². The molecule has 116 valence electrons. The summed E-state index contributed by atoms with van der Waals surface area (Å²) in [7, 11) is 0. The zero-order chi connectivity index (χ0) is 15.7. The number of halogens is 1. The van der Waals surface area contributed by atoms with E-state index >= 15 is 0 Å². The van der Waals surface area contributed by atoms with Crippen LogP contribution in [0.3, 0.4) is 0 Å². The van der Waals surface area contributed by atoms with Gasteiger partial charge in [-0.2, -0.15) is 0 Å². The van der Waals surface area contributed by atoms with Gasteiger partial charge in [0, 0.05) is 30.0 Å². The molecule has 0 saturated heterocycles. The average molecular weight is 320 g/mol. The SMILES string of the molecule is CCOc1ccc([C@@H]2CC(=O)NC3=C2C(=O)CCC3)cc1Cl. The first-order valence-electron chi connectivity index (χ1n) is 7.58. The Bertz CT molecular complexity index is 666. The lowest BCUT2D eigenvalue weighted by Gasteiger charge is -2.31. The number of Topliss-reactive ketones (excluding diaryl/α,β-unsaturated/α-hetero) is 1. The van der Waals surface area contributed by atoms with Gasteiger partial charge in [-0.25, -0.2) is 0 Å². The molecule has 0 bridgehead atoms. The Hall–Kier alpha value is -1.81. The topological polar surface area (TPSA) is 55.4 Å². The second-order valence-corrected chi connectivity index (χ2v) is 6.00. The van der Waals surface area contributed by atoms with E-state index in [4.69, 9.17) is 16.3 Å². The summed E-state index contributed by atoms with van der Waals surface area (Å²) in [6, 6.07) is 5.51. The molecule has 1 aliphatic carbocycles. The van der Waals surface area contributed by atoms with Gasteiger partial charge in [0.05, 0.1) is 11.6 Å². The molecule has 1 aliphatic heterocycles. The number of rotatable bonds is 3. The number of carbonyl (C=O) groups excluding carboxylic acids is 2. The maximum Gasteiger partial charge on any atom is 0.225 e. The molecule has 0 aromatic heterocycles. The van der Waals surface area contributed by atoms with Gasteiger partial charge < -0.3 is 10.1 Å². The van der Waals surface area contributed by atoms with Crippen LogP contribution in [0.4, 0.5) is 0 Å². The Morgan fingerprint density at radius 1 is 1.32 bits per heavy atom. The monoisotopic (exact) mass is 319 g/mol. The summed E-state index contributed by atoms with van der Waals surface area (Å²) in [5.74, 6) is 0.516. The van der Waals surface area contributed by atoms with Crippen LogP contribution in [0, 0.1) is 0 Å². The number of ether oxygens (including phenoxy) is 1. The third kappa shape index (κ3) is 2.75. The first-order chi connectivity index (χ1) is 10.6. The predicted octanol–water partition coefficient (Wildman–Crippen LogP) is 3.35. The number of ketones is 1. The van der Waals surface area contributed by atoms with E-state index in [1.54, 1.807) is 6.07 Å². The number of nitrogens with one attached hydrogen (secondary N) is 1. The minimum absolute atomic E-state index is 0.0385. The summed E-state index contributed by atoms with van der Waals surface area (Å²) >= 11 is 6.25. The fourth-order valence-corrected chi connectivity index (χ4v) is 3.44. The lowest BCUT2D eigenvalue weighted by Crippen LogP contribution is -2.36. The number of hydrogen-bond acceptors (Lipinski definition) is 3. The molecule has 1 atom stereocenters. The molecule has 1 N–H and O–H groups in total. The summed E-state index contributed by atoms with van der Waals surface area (Å²) in [5.41, 5.74) is 2.44. The lowest BCUT2D eigenvalue weighted by molar-refractivity contribution is -0.122. The normalized spacial score (nSPS) is 21.5. The van der Waals surface area contributed by atoms with E-state index in [2.05, 4.69) is 5.32 Å². The van der Waals surface area contributed by atoms with Gasteiger partial charge >= 0.3 is 0 Å². The number of hydrogen-bond donors (Lipinski definition) is 1. The Kier molecular flexibility index (Phi) is 4.21. The first kappa shape index (κ1) is 15.1. The van der Waals surface area contributed by atoms with Crippen LogP contribution in [0.15, 0.2) is 29.5 Å². The molecule has 0 unspecified atom stereocenters. The van der Waals surface area contributed by atoms with E-state index in [-0.39, 0.29) is 24.0 Å². The molecule has 1 heterocycles. The van der Waals surface area contributed by atoms with E-state index in [9.17, 15) is 9.59 Å². The van der Waals surface area contributed by atoms with E-state index < -0.39 is 0 Å². The summed E-state index contributed by atoms with van der Waals surface area (Å²) in [5, 5.41) is 3.37. The molecule has 0 saturated carbocycles. The van der Waals surface area contributed by atoms with Gasteiger partial charge in [0.15, 0.2) is 5.78 Å². The molecular weight excluding hydrogens is 302 g/mol. The van der Waals surface area contributed by atoms with E-state index in [1.165, 1.54) is 0 Å². The van der Waals surface area contributed by atoms with Crippen molar-refractivity contribution in [2.45, 2.75) is 38.5 Å². The van der Waals surface area contributed by atoms with E-state index in [0.717, 1.165) is 29.7 Å². The van der Waals surface area contributed by atoms with Crippen LogP contribution in [0.2, 0.25) is 5.02 Å². The molecule has 1 aromatic carbocycles. The Morgan fingerprint density at radius 2 is 2.14 bits per heavy atom. The van der Waals surface area contributed by atoms with Crippen LogP contribution in [0.25, 0.3) is 0 Å². The van der Waals surface area contributed by atoms with Crippen molar-refractivity contribution in [2.75, 3.05) is 6.61 Å². The maximum absolute atomic E-state index is 12.3. The molecule has 0 spiro atoms. The van der Waals surface area contributed by atoms with Gasteiger partial charge in [0.25, 0.3) is 0 Å². The molecule has 2 aliphatic rings. The zero-order valence-electron chi connectivity index (χ0n) is 12.4. The van der Waals surface area contributed by atoms with Crippen molar-refractivity contribution in [3.8, 4) is 5.75 Å². The average Bonchev–Trinajstić information content (AvgIpc) is 2.48. The van der Waals surface area contributed by atoms with E-state index in [0.29, 0.717) is 23.8 Å². The molecule has 5 heteroatoms. The fourth-order valence-electron chi connectivity index (χ4n) is 3.20. The van der Waals surface area contributed by atoms with Crippen LogP contribution in [-0.2, 0) is 9.59 Å². The Balaban J connectivity index is 2.00. The first-order valence-corrected chi connectivity index (χ1v) is 7.96. The van der Waals surface area contributed by atoms with Crippen molar-refractivity contribution in [2.24, 2.45) is 0 Å². The number of benzene rings is 1. The summed E-state index contributed by atoms with van der Waals surface area (Å²) in [4.78, 5) is 24.3. The van der Waals surface area contributed by atoms with Gasteiger partial charge in [0.2, 0.25) is 5.91 Å². The molecule has 0 fully saturated rings. The van der Waals surface area contributed by atoms with Crippen molar-refractivity contribution >= 4 is 23.3 Å². The van der Waals surface area contributed by atoms with Crippen molar-refractivity contribution in [3.05, 3.63) is 40.1 Å². The van der Waals surface area contributed by atoms with Gasteiger partial charge in [0.1, 0.15) is 5.75 Å².